The van der Waals surface area contributed by atoms with Crippen LogP contribution in [0.5, 0.6) is 0 Å². The fourth-order valence-corrected chi connectivity index (χ4v) is 4.94. The maximum atomic E-state index is 13.9. The van der Waals surface area contributed by atoms with Crippen LogP contribution in [-0.4, -0.2) is 20.4 Å². The minimum atomic E-state index is -0.451. The SMILES string of the molecule is Cc1ccc(-n2c(C(C)N(Cc3ccccc3)C(=O)CCc3ccccc3)nc3ccccc3c2=O)cc1C. The largest absolute Gasteiger partial charge is 0.328 e. The zero-order valence-electron chi connectivity index (χ0n) is 22.7. The summed E-state index contributed by atoms with van der Waals surface area (Å²) in [6, 6.07) is 33.0. The van der Waals surface area contributed by atoms with Crippen LogP contribution in [-0.2, 0) is 17.8 Å². The van der Waals surface area contributed by atoms with E-state index in [2.05, 4.69) is 6.92 Å². The zero-order valence-corrected chi connectivity index (χ0v) is 22.7. The fraction of sp³-hybridized carbons (Fsp3) is 0.206. The van der Waals surface area contributed by atoms with Gasteiger partial charge in [0.1, 0.15) is 5.82 Å². The van der Waals surface area contributed by atoms with E-state index in [1.165, 1.54) is 0 Å². The molecule has 0 saturated carbocycles. The van der Waals surface area contributed by atoms with E-state index in [1.54, 1.807) is 4.57 Å². The molecule has 196 valence electrons. The summed E-state index contributed by atoms with van der Waals surface area (Å²) in [6.45, 7) is 6.48. The Hall–Kier alpha value is -4.51. The number of hydrogen-bond acceptors (Lipinski definition) is 3. The molecule has 1 unspecified atom stereocenters. The van der Waals surface area contributed by atoms with Crippen molar-refractivity contribution in [2.24, 2.45) is 0 Å². The van der Waals surface area contributed by atoms with E-state index in [4.69, 9.17) is 4.98 Å². The van der Waals surface area contributed by atoms with Gasteiger partial charge in [0.05, 0.1) is 22.6 Å². The minimum Gasteiger partial charge on any atom is -0.328 e. The van der Waals surface area contributed by atoms with Crippen molar-refractivity contribution in [3.8, 4) is 5.69 Å². The predicted octanol–water partition coefficient (Wildman–Crippen LogP) is 6.73. The third-order valence-corrected chi connectivity index (χ3v) is 7.38. The highest BCUT2D eigenvalue weighted by Gasteiger charge is 2.27. The molecule has 5 heteroatoms. The Labute approximate surface area is 229 Å². The van der Waals surface area contributed by atoms with Crippen LogP contribution in [0.3, 0.4) is 0 Å². The van der Waals surface area contributed by atoms with Crippen molar-refractivity contribution in [1.82, 2.24) is 14.5 Å². The Kier molecular flexibility index (Phi) is 7.69. The third kappa shape index (κ3) is 5.68. The van der Waals surface area contributed by atoms with Gasteiger partial charge < -0.3 is 4.90 Å². The van der Waals surface area contributed by atoms with Crippen molar-refractivity contribution < 1.29 is 4.79 Å². The van der Waals surface area contributed by atoms with Gasteiger partial charge in [-0.25, -0.2) is 4.98 Å². The molecule has 0 fully saturated rings. The summed E-state index contributed by atoms with van der Waals surface area (Å²) in [5.74, 6) is 0.565. The average Bonchev–Trinajstić information content (AvgIpc) is 2.97. The lowest BCUT2D eigenvalue weighted by atomic mass is 10.1. The van der Waals surface area contributed by atoms with Crippen LogP contribution in [0.15, 0.2) is 108 Å². The molecule has 0 spiro atoms. The van der Waals surface area contributed by atoms with Crippen LogP contribution in [0.4, 0.5) is 0 Å². The Bertz CT molecular complexity index is 1660. The van der Waals surface area contributed by atoms with Crippen LogP contribution in [0.25, 0.3) is 16.6 Å². The van der Waals surface area contributed by atoms with Crippen LogP contribution in [0.2, 0.25) is 0 Å². The number of hydrogen-bond donors (Lipinski definition) is 0. The molecule has 0 radical (unpaired) electrons. The van der Waals surface area contributed by atoms with Crippen molar-refractivity contribution >= 4 is 16.8 Å². The van der Waals surface area contributed by atoms with Crippen LogP contribution >= 0.6 is 0 Å². The second-order valence-electron chi connectivity index (χ2n) is 10.1. The van der Waals surface area contributed by atoms with E-state index < -0.39 is 6.04 Å². The first-order valence-electron chi connectivity index (χ1n) is 13.4. The number of carbonyl (C=O) groups excluding carboxylic acids is 1. The second kappa shape index (κ2) is 11.5. The van der Waals surface area contributed by atoms with E-state index in [0.29, 0.717) is 36.1 Å². The lowest BCUT2D eigenvalue weighted by molar-refractivity contribution is -0.134. The molecule has 5 aromatic rings. The van der Waals surface area contributed by atoms with Crippen molar-refractivity contribution in [2.75, 3.05) is 0 Å². The van der Waals surface area contributed by atoms with Gasteiger partial charge in [0, 0.05) is 13.0 Å². The molecule has 0 aliphatic carbocycles. The molecule has 0 aliphatic heterocycles. The molecule has 0 N–H and O–H groups in total. The molecule has 5 nitrogen and oxygen atoms in total. The van der Waals surface area contributed by atoms with Crippen molar-refractivity contribution in [2.45, 2.75) is 46.2 Å². The van der Waals surface area contributed by atoms with Gasteiger partial charge >= 0.3 is 0 Å². The zero-order chi connectivity index (χ0) is 27.4. The number of carbonyl (C=O) groups is 1. The summed E-state index contributed by atoms with van der Waals surface area (Å²) in [6.07, 6.45) is 1.01. The number of para-hydroxylation sites is 1. The van der Waals surface area contributed by atoms with Gasteiger partial charge in [0.25, 0.3) is 5.56 Å². The first-order chi connectivity index (χ1) is 18.9. The van der Waals surface area contributed by atoms with E-state index in [0.717, 1.165) is 27.9 Å². The number of rotatable bonds is 8. The standard InChI is InChI=1S/C34H33N3O2/c1-24-18-20-29(22-25(24)2)37-33(35-31-17-11-10-16-30(31)34(37)39)26(3)36(23-28-14-8-5-9-15-28)32(38)21-19-27-12-6-4-7-13-27/h4-18,20,22,26H,19,21,23H2,1-3H3. The Morgan fingerprint density at radius 1 is 0.821 bits per heavy atom. The number of fused-ring (bicyclic) bond motifs is 1. The molecule has 0 bridgehead atoms. The minimum absolute atomic E-state index is 0.0178. The highest BCUT2D eigenvalue weighted by Crippen LogP contribution is 2.26. The molecule has 1 aromatic heterocycles. The summed E-state index contributed by atoms with van der Waals surface area (Å²) >= 11 is 0. The van der Waals surface area contributed by atoms with Crippen molar-refractivity contribution in [1.29, 1.82) is 0 Å². The van der Waals surface area contributed by atoms with E-state index in [9.17, 15) is 9.59 Å². The van der Waals surface area contributed by atoms with Crippen LogP contribution in [0.1, 0.15) is 47.5 Å². The lowest BCUT2D eigenvalue weighted by Gasteiger charge is -2.31. The van der Waals surface area contributed by atoms with Gasteiger partial charge in [-0.1, -0.05) is 78.9 Å². The number of aromatic nitrogens is 2. The van der Waals surface area contributed by atoms with E-state index in [1.807, 2.05) is 122 Å². The van der Waals surface area contributed by atoms with Gasteiger partial charge in [0.15, 0.2) is 0 Å². The first kappa shape index (κ1) is 26.1. The van der Waals surface area contributed by atoms with Gasteiger partial charge in [-0.2, -0.15) is 0 Å². The van der Waals surface area contributed by atoms with Crippen LogP contribution < -0.4 is 5.56 Å². The second-order valence-corrected chi connectivity index (χ2v) is 10.1. The average molecular weight is 516 g/mol. The Morgan fingerprint density at radius 3 is 2.15 bits per heavy atom. The maximum absolute atomic E-state index is 13.9. The summed E-state index contributed by atoms with van der Waals surface area (Å²) < 4.78 is 1.68. The summed E-state index contributed by atoms with van der Waals surface area (Å²) in [7, 11) is 0. The van der Waals surface area contributed by atoms with Crippen molar-refractivity contribution in [3.63, 3.8) is 0 Å². The topological polar surface area (TPSA) is 55.2 Å². The van der Waals surface area contributed by atoms with Crippen molar-refractivity contribution in [3.05, 3.63) is 142 Å². The molecule has 1 amide bonds. The molecule has 0 aliphatic rings. The first-order valence-corrected chi connectivity index (χ1v) is 13.4. The predicted molar refractivity (Wildman–Crippen MR) is 157 cm³/mol. The molecular formula is C34H33N3O2. The molecule has 39 heavy (non-hydrogen) atoms. The number of amides is 1. The normalized spacial score (nSPS) is 11.9. The maximum Gasteiger partial charge on any atom is 0.266 e. The van der Waals surface area contributed by atoms with E-state index in [-0.39, 0.29) is 11.5 Å². The van der Waals surface area contributed by atoms with Crippen LogP contribution in [0, 0.1) is 13.8 Å². The van der Waals surface area contributed by atoms with E-state index >= 15 is 0 Å². The highest BCUT2D eigenvalue weighted by atomic mass is 16.2. The number of nitrogens with zero attached hydrogens (tertiary/aromatic N) is 3. The monoisotopic (exact) mass is 515 g/mol. The smallest absolute Gasteiger partial charge is 0.266 e. The third-order valence-electron chi connectivity index (χ3n) is 7.38. The molecule has 1 heterocycles. The highest BCUT2D eigenvalue weighted by molar-refractivity contribution is 5.79. The molecule has 0 saturated heterocycles. The van der Waals surface area contributed by atoms with Gasteiger partial charge in [-0.3, -0.25) is 14.2 Å². The van der Waals surface area contributed by atoms with Gasteiger partial charge in [0.2, 0.25) is 5.91 Å². The number of benzene rings is 4. The number of aryl methyl sites for hydroxylation is 3. The quantitative estimate of drug-likeness (QED) is 0.230. The Morgan fingerprint density at radius 2 is 1.46 bits per heavy atom. The molecular weight excluding hydrogens is 482 g/mol. The Balaban J connectivity index is 1.61. The summed E-state index contributed by atoms with van der Waals surface area (Å²) in [5, 5.41) is 0.552. The summed E-state index contributed by atoms with van der Waals surface area (Å²) in [5.41, 5.74) is 5.62. The van der Waals surface area contributed by atoms with Gasteiger partial charge in [-0.05, 0) is 73.7 Å². The molecule has 4 aromatic carbocycles. The molecule has 5 rings (SSSR count). The van der Waals surface area contributed by atoms with Gasteiger partial charge in [-0.15, -0.1) is 0 Å². The fourth-order valence-electron chi connectivity index (χ4n) is 4.94. The molecule has 1 atom stereocenters. The summed E-state index contributed by atoms with van der Waals surface area (Å²) in [4.78, 5) is 34.6. The lowest BCUT2D eigenvalue weighted by Crippen LogP contribution is -2.37.